The molecule has 0 aromatic carbocycles. The molecule has 1 unspecified atom stereocenters. The highest BCUT2D eigenvalue weighted by molar-refractivity contribution is 5.37. The number of hydrogen-bond donors (Lipinski definition) is 0. The van der Waals surface area contributed by atoms with Crippen LogP contribution in [0.3, 0.4) is 0 Å². The third-order valence-electron chi connectivity index (χ3n) is 1.26. The van der Waals surface area contributed by atoms with E-state index in [0.29, 0.717) is 6.47 Å². The summed E-state index contributed by atoms with van der Waals surface area (Å²) in [5.41, 5.74) is 0. The molecule has 0 saturated carbocycles. The summed E-state index contributed by atoms with van der Waals surface area (Å²) in [6.45, 7) is 2.50. The summed E-state index contributed by atoms with van der Waals surface area (Å²) in [4.78, 5) is 9.84. The fourth-order valence-corrected chi connectivity index (χ4v) is 0.674. The van der Waals surface area contributed by atoms with Crippen molar-refractivity contribution in [3.8, 4) is 0 Å². The molecule has 0 spiro atoms. The van der Waals surface area contributed by atoms with Gasteiger partial charge < -0.3 is 9.47 Å². The molecular weight excluding hydrogens is 132 g/mol. The lowest BCUT2D eigenvalue weighted by molar-refractivity contribution is -0.159. The van der Waals surface area contributed by atoms with Gasteiger partial charge in [0.2, 0.25) is 6.29 Å². The molecule has 0 rings (SSSR count). The topological polar surface area (TPSA) is 35.5 Å². The van der Waals surface area contributed by atoms with Crippen LogP contribution in [0.4, 0.5) is 0 Å². The molecule has 1 atom stereocenters. The van der Waals surface area contributed by atoms with Crippen LogP contribution < -0.4 is 0 Å². The van der Waals surface area contributed by atoms with Crippen LogP contribution in [-0.2, 0) is 14.3 Å². The minimum atomic E-state index is -0.350. The van der Waals surface area contributed by atoms with E-state index in [2.05, 4.69) is 11.7 Å². The fourth-order valence-electron chi connectivity index (χ4n) is 0.674. The van der Waals surface area contributed by atoms with Gasteiger partial charge in [0.05, 0.1) is 0 Å². The van der Waals surface area contributed by atoms with Gasteiger partial charge in [-0.2, -0.15) is 0 Å². The van der Waals surface area contributed by atoms with E-state index in [0.717, 1.165) is 19.3 Å². The van der Waals surface area contributed by atoms with Gasteiger partial charge in [0.15, 0.2) is 0 Å². The Morgan fingerprint density at radius 1 is 1.60 bits per heavy atom. The highest BCUT2D eigenvalue weighted by Gasteiger charge is 2.04. The Hall–Kier alpha value is -0.570. The summed E-state index contributed by atoms with van der Waals surface area (Å²) in [7, 11) is 1.53. The number of rotatable bonds is 6. The van der Waals surface area contributed by atoms with Gasteiger partial charge in [0.25, 0.3) is 6.47 Å². The first-order valence-electron chi connectivity index (χ1n) is 3.47. The zero-order valence-electron chi connectivity index (χ0n) is 6.50. The SMILES string of the molecule is CCCCC(OC)OC=O. The van der Waals surface area contributed by atoms with Crippen molar-refractivity contribution in [1.29, 1.82) is 0 Å². The molecule has 0 N–H and O–H groups in total. The summed E-state index contributed by atoms with van der Waals surface area (Å²) < 4.78 is 9.43. The third kappa shape index (κ3) is 4.32. The van der Waals surface area contributed by atoms with Gasteiger partial charge in [-0.15, -0.1) is 0 Å². The average Bonchev–Trinajstić information content (AvgIpc) is 1.98. The second kappa shape index (κ2) is 6.55. The highest BCUT2D eigenvalue weighted by atomic mass is 16.7. The largest absolute Gasteiger partial charge is 0.438 e. The number of carbonyl (C=O) groups excluding carboxylic acids is 1. The van der Waals surface area contributed by atoms with Crippen molar-refractivity contribution < 1.29 is 14.3 Å². The van der Waals surface area contributed by atoms with Crippen molar-refractivity contribution in [3.05, 3.63) is 0 Å². The van der Waals surface area contributed by atoms with Gasteiger partial charge in [-0.3, -0.25) is 4.79 Å². The van der Waals surface area contributed by atoms with Gasteiger partial charge in [0.1, 0.15) is 0 Å². The molecule has 0 aromatic heterocycles. The molecule has 0 saturated heterocycles. The molecule has 10 heavy (non-hydrogen) atoms. The Morgan fingerprint density at radius 2 is 2.30 bits per heavy atom. The Balaban J connectivity index is 3.29. The predicted molar refractivity (Wildman–Crippen MR) is 37.5 cm³/mol. The molecule has 0 fully saturated rings. The van der Waals surface area contributed by atoms with Gasteiger partial charge in [-0.1, -0.05) is 13.3 Å². The normalized spacial score (nSPS) is 12.6. The first-order valence-corrected chi connectivity index (χ1v) is 3.47. The average molecular weight is 146 g/mol. The standard InChI is InChI=1S/C7H14O3/c1-3-4-5-7(9-2)10-6-8/h6-7H,3-5H2,1-2H3. The lowest BCUT2D eigenvalue weighted by Crippen LogP contribution is -2.13. The number of unbranched alkanes of at least 4 members (excludes halogenated alkanes) is 1. The lowest BCUT2D eigenvalue weighted by atomic mass is 10.2. The molecule has 0 aromatic rings. The van der Waals surface area contributed by atoms with Gasteiger partial charge in [-0.05, 0) is 6.42 Å². The highest BCUT2D eigenvalue weighted by Crippen LogP contribution is 2.03. The second-order valence-corrected chi connectivity index (χ2v) is 2.04. The van der Waals surface area contributed by atoms with Gasteiger partial charge in [0, 0.05) is 13.5 Å². The minimum absolute atomic E-state index is 0.350. The maximum Gasteiger partial charge on any atom is 0.295 e. The lowest BCUT2D eigenvalue weighted by Gasteiger charge is -2.11. The van der Waals surface area contributed by atoms with Gasteiger partial charge in [-0.25, -0.2) is 0 Å². The van der Waals surface area contributed by atoms with E-state index in [1.807, 2.05) is 0 Å². The molecular formula is C7H14O3. The van der Waals surface area contributed by atoms with E-state index >= 15 is 0 Å². The van der Waals surface area contributed by atoms with E-state index in [-0.39, 0.29) is 6.29 Å². The van der Waals surface area contributed by atoms with E-state index in [1.165, 1.54) is 7.11 Å². The van der Waals surface area contributed by atoms with E-state index in [4.69, 9.17) is 4.74 Å². The summed E-state index contributed by atoms with van der Waals surface area (Å²) >= 11 is 0. The van der Waals surface area contributed by atoms with Crippen molar-refractivity contribution in [2.45, 2.75) is 32.5 Å². The smallest absolute Gasteiger partial charge is 0.295 e. The van der Waals surface area contributed by atoms with E-state index in [9.17, 15) is 4.79 Å². The van der Waals surface area contributed by atoms with E-state index in [1.54, 1.807) is 0 Å². The monoisotopic (exact) mass is 146 g/mol. The first-order chi connectivity index (χ1) is 4.85. The van der Waals surface area contributed by atoms with Crippen molar-refractivity contribution in [1.82, 2.24) is 0 Å². The number of carbonyl (C=O) groups is 1. The Bertz CT molecular complexity index is 82.9. The molecule has 0 aliphatic rings. The minimum Gasteiger partial charge on any atom is -0.438 e. The molecule has 0 bridgehead atoms. The van der Waals surface area contributed by atoms with Crippen LogP contribution in [-0.4, -0.2) is 19.9 Å². The van der Waals surface area contributed by atoms with Crippen molar-refractivity contribution in [2.24, 2.45) is 0 Å². The first kappa shape index (κ1) is 9.43. The van der Waals surface area contributed by atoms with Crippen molar-refractivity contribution >= 4 is 6.47 Å². The third-order valence-corrected chi connectivity index (χ3v) is 1.26. The van der Waals surface area contributed by atoms with Crippen LogP contribution >= 0.6 is 0 Å². The summed E-state index contributed by atoms with van der Waals surface area (Å²) in [5.74, 6) is 0. The Kier molecular flexibility index (Phi) is 6.18. The maximum absolute atomic E-state index is 9.84. The number of methoxy groups -OCH3 is 1. The second-order valence-electron chi connectivity index (χ2n) is 2.04. The molecule has 3 heteroatoms. The summed E-state index contributed by atoms with van der Waals surface area (Å²) in [5, 5.41) is 0. The number of ether oxygens (including phenoxy) is 2. The Morgan fingerprint density at radius 3 is 2.70 bits per heavy atom. The summed E-state index contributed by atoms with van der Waals surface area (Å²) in [6, 6.07) is 0. The molecule has 0 radical (unpaired) electrons. The van der Waals surface area contributed by atoms with Crippen molar-refractivity contribution in [2.75, 3.05) is 7.11 Å². The molecule has 0 amide bonds. The van der Waals surface area contributed by atoms with Crippen LogP contribution in [0, 0.1) is 0 Å². The molecule has 0 aliphatic heterocycles. The van der Waals surface area contributed by atoms with Crippen LogP contribution in [0.15, 0.2) is 0 Å². The molecule has 60 valence electrons. The summed E-state index contributed by atoms with van der Waals surface area (Å²) in [6.07, 6.45) is 2.54. The van der Waals surface area contributed by atoms with Crippen molar-refractivity contribution in [3.63, 3.8) is 0 Å². The maximum atomic E-state index is 9.84. The fraction of sp³-hybridized carbons (Fsp3) is 0.857. The van der Waals surface area contributed by atoms with Gasteiger partial charge >= 0.3 is 0 Å². The quantitative estimate of drug-likeness (QED) is 0.419. The molecule has 3 nitrogen and oxygen atoms in total. The predicted octanol–water partition coefficient (Wildman–Crippen LogP) is 1.32. The van der Waals surface area contributed by atoms with Crippen LogP contribution in [0.5, 0.6) is 0 Å². The van der Waals surface area contributed by atoms with Crippen LogP contribution in [0.1, 0.15) is 26.2 Å². The van der Waals surface area contributed by atoms with Crippen LogP contribution in [0.2, 0.25) is 0 Å². The zero-order valence-corrected chi connectivity index (χ0v) is 6.50. The Labute approximate surface area is 61.3 Å². The number of hydrogen-bond acceptors (Lipinski definition) is 3. The molecule has 0 aliphatic carbocycles. The van der Waals surface area contributed by atoms with Crippen LogP contribution in [0.25, 0.3) is 0 Å². The zero-order chi connectivity index (χ0) is 7.82. The van der Waals surface area contributed by atoms with E-state index < -0.39 is 0 Å². The molecule has 0 heterocycles.